The van der Waals surface area contributed by atoms with Gasteiger partial charge < -0.3 is 20.3 Å². The molecule has 1 atom stereocenters. The maximum atomic E-state index is 12.2. The zero-order chi connectivity index (χ0) is 14.4. The molecule has 2 amide bonds. The number of ether oxygens (including phenoxy) is 1. The van der Waals surface area contributed by atoms with Crippen LogP contribution in [0.25, 0.3) is 0 Å². The van der Waals surface area contributed by atoms with Crippen molar-refractivity contribution in [1.29, 1.82) is 0 Å². The smallest absolute Gasteiger partial charge is 0.322 e. The summed E-state index contributed by atoms with van der Waals surface area (Å²) in [5.74, 6) is 0. The predicted molar refractivity (Wildman–Crippen MR) is 79.9 cm³/mol. The molecule has 1 aromatic carbocycles. The number of morpholine rings is 1. The summed E-state index contributed by atoms with van der Waals surface area (Å²) in [7, 11) is 0. The van der Waals surface area contributed by atoms with Crippen LogP contribution in [0.2, 0.25) is 0 Å². The highest BCUT2D eigenvalue weighted by Gasteiger charge is 2.18. The molecule has 1 fully saturated rings. The standard InChI is InChI=1S/C15H23N3O2/c1-3-16-12(2)13-6-4-5-7-14(13)17-15(19)18-8-10-20-11-9-18/h4-7,12,16H,3,8-11H2,1-2H3,(H,17,19). The topological polar surface area (TPSA) is 53.6 Å². The first kappa shape index (κ1) is 14.8. The fourth-order valence-electron chi connectivity index (χ4n) is 2.37. The van der Waals surface area contributed by atoms with Crippen LogP contribution in [0.5, 0.6) is 0 Å². The van der Waals surface area contributed by atoms with Gasteiger partial charge in [0.1, 0.15) is 0 Å². The average molecular weight is 277 g/mol. The van der Waals surface area contributed by atoms with E-state index in [-0.39, 0.29) is 12.1 Å². The molecule has 1 aliphatic rings. The van der Waals surface area contributed by atoms with E-state index >= 15 is 0 Å². The molecule has 1 aromatic rings. The number of para-hydroxylation sites is 1. The number of carbonyl (C=O) groups excluding carboxylic acids is 1. The second kappa shape index (κ2) is 7.26. The van der Waals surface area contributed by atoms with Gasteiger partial charge in [-0.05, 0) is 25.1 Å². The van der Waals surface area contributed by atoms with Crippen LogP contribution in [0, 0.1) is 0 Å². The van der Waals surface area contributed by atoms with E-state index in [4.69, 9.17) is 4.74 Å². The molecule has 5 heteroatoms. The second-order valence-electron chi connectivity index (χ2n) is 4.90. The first-order valence-electron chi connectivity index (χ1n) is 7.18. The van der Waals surface area contributed by atoms with Crippen LogP contribution in [-0.2, 0) is 4.74 Å². The molecule has 1 aliphatic heterocycles. The highest BCUT2D eigenvalue weighted by molar-refractivity contribution is 5.90. The predicted octanol–water partition coefficient (Wildman–Crippen LogP) is 2.22. The molecule has 20 heavy (non-hydrogen) atoms. The first-order valence-corrected chi connectivity index (χ1v) is 7.18. The molecule has 1 saturated heterocycles. The van der Waals surface area contributed by atoms with Crippen molar-refractivity contribution in [2.45, 2.75) is 19.9 Å². The molecule has 0 spiro atoms. The molecule has 0 saturated carbocycles. The van der Waals surface area contributed by atoms with Crippen molar-refractivity contribution in [2.24, 2.45) is 0 Å². The Labute approximate surface area is 120 Å². The Bertz CT molecular complexity index is 444. The quantitative estimate of drug-likeness (QED) is 0.887. The number of anilines is 1. The number of amides is 2. The summed E-state index contributed by atoms with van der Waals surface area (Å²) in [6, 6.07) is 8.08. The zero-order valence-electron chi connectivity index (χ0n) is 12.2. The highest BCUT2D eigenvalue weighted by atomic mass is 16.5. The molecule has 1 unspecified atom stereocenters. The Kier molecular flexibility index (Phi) is 5.38. The number of benzene rings is 1. The van der Waals surface area contributed by atoms with Gasteiger partial charge in [-0.25, -0.2) is 4.79 Å². The number of hydrogen-bond acceptors (Lipinski definition) is 3. The van der Waals surface area contributed by atoms with Crippen molar-refractivity contribution in [3.63, 3.8) is 0 Å². The minimum absolute atomic E-state index is 0.0514. The van der Waals surface area contributed by atoms with Gasteiger partial charge in [0, 0.05) is 24.8 Å². The fraction of sp³-hybridized carbons (Fsp3) is 0.533. The SMILES string of the molecule is CCNC(C)c1ccccc1NC(=O)N1CCOCC1. The minimum atomic E-state index is -0.0514. The number of carbonyl (C=O) groups is 1. The molecule has 1 heterocycles. The van der Waals surface area contributed by atoms with Gasteiger partial charge in [-0.1, -0.05) is 25.1 Å². The van der Waals surface area contributed by atoms with Crippen molar-refractivity contribution in [3.8, 4) is 0 Å². The van der Waals surface area contributed by atoms with Gasteiger partial charge in [0.05, 0.1) is 13.2 Å². The van der Waals surface area contributed by atoms with Gasteiger partial charge in [-0.15, -0.1) is 0 Å². The van der Waals surface area contributed by atoms with Crippen LogP contribution in [0.15, 0.2) is 24.3 Å². The van der Waals surface area contributed by atoms with Crippen LogP contribution >= 0.6 is 0 Å². The largest absolute Gasteiger partial charge is 0.378 e. The Morgan fingerprint density at radius 2 is 2.05 bits per heavy atom. The minimum Gasteiger partial charge on any atom is -0.378 e. The molecule has 0 aromatic heterocycles. The third kappa shape index (κ3) is 3.71. The molecule has 2 rings (SSSR count). The molecular weight excluding hydrogens is 254 g/mol. The van der Waals surface area contributed by atoms with Crippen molar-refractivity contribution < 1.29 is 9.53 Å². The summed E-state index contributed by atoms with van der Waals surface area (Å²) in [6.07, 6.45) is 0. The van der Waals surface area contributed by atoms with Gasteiger partial charge in [0.2, 0.25) is 0 Å². The molecule has 0 bridgehead atoms. The highest BCUT2D eigenvalue weighted by Crippen LogP contribution is 2.22. The Morgan fingerprint density at radius 3 is 2.75 bits per heavy atom. The number of hydrogen-bond donors (Lipinski definition) is 2. The van der Waals surface area contributed by atoms with Crippen LogP contribution in [0.4, 0.5) is 10.5 Å². The lowest BCUT2D eigenvalue weighted by atomic mass is 10.1. The normalized spacial score (nSPS) is 16.8. The van der Waals surface area contributed by atoms with Crippen LogP contribution < -0.4 is 10.6 Å². The van der Waals surface area contributed by atoms with Crippen molar-refractivity contribution >= 4 is 11.7 Å². The molecule has 2 N–H and O–H groups in total. The molecule has 5 nitrogen and oxygen atoms in total. The molecular formula is C15H23N3O2. The third-order valence-corrected chi connectivity index (χ3v) is 3.48. The van der Waals surface area contributed by atoms with Crippen molar-refractivity contribution in [2.75, 3.05) is 38.2 Å². The van der Waals surface area contributed by atoms with E-state index in [0.717, 1.165) is 17.8 Å². The van der Waals surface area contributed by atoms with E-state index in [9.17, 15) is 4.79 Å². The number of rotatable bonds is 4. The van der Waals surface area contributed by atoms with Crippen LogP contribution in [0.1, 0.15) is 25.5 Å². The maximum absolute atomic E-state index is 12.2. The molecule has 0 aliphatic carbocycles. The lowest BCUT2D eigenvalue weighted by Crippen LogP contribution is -2.43. The van der Waals surface area contributed by atoms with Gasteiger partial charge >= 0.3 is 6.03 Å². The van der Waals surface area contributed by atoms with E-state index in [1.165, 1.54) is 0 Å². The second-order valence-corrected chi connectivity index (χ2v) is 4.90. The Morgan fingerprint density at radius 1 is 1.35 bits per heavy atom. The van der Waals surface area contributed by atoms with E-state index < -0.39 is 0 Å². The first-order chi connectivity index (χ1) is 9.72. The molecule has 0 radical (unpaired) electrons. The van der Waals surface area contributed by atoms with Gasteiger partial charge in [0.25, 0.3) is 0 Å². The summed E-state index contributed by atoms with van der Waals surface area (Å²) in [5.41, 5.74) is 1.98. The summed E-state index contributed by atoms with van der Waals surface area (Å²) in [5, 5.41) is 6.38. The van der Waals surface area contributed by atoms with Gasteiger partial charge in [0.15, 0.2) is 0 Å². The maximum Gasteiger partial charge on any atom is 0.322 e. The number of nitrogens with one attached hydrogen (secondary N) is 2. The van der Waals surface area contributed by atoms with E-state index in [0.29, 0.717) is 26.3 Å². The summed E-state index contributed by atoms with van der Waals surface area (Å²) >= 11 is 0. The molecule has 110 valence electrons. The van der Waals surface area contributed by atoms with Crippen LogP contribution in [-0.4, -0.2) is 43.8 Å². The van der Waals surface area contributed by atoms with E-state index in [1.807, 2.05) is 24.3 Å². The van der Waals surface area contributed by atoms with Gasteiger partial charge in [-0.2, -0.15) is 0 Å². The lowest BCUT2D eigenvalue weighted by molar-refractivity contribution is 0.0564. The lowest BCUT2D eigenvalue weighted by Gasteiger charge is -2.27. The Balaban J connectivity index is 2.06. The van der Waals surface area contributed by atoms with E-state index in [1.54, 1.807) is 4.90 Å². The Hall–Kier alpha value is -1.59. The number of urea groups is 1. The van der Waals surface area contributed by atoms with Crippen LogP contribution in [0.3, 0.4) is 0 Å². The summed E-state index contributed by atoms with van der Waals surface area (Å²) < 4.78 is 5.26. The summed E-state index contributed by atoms with van der Waals surface area (Å²) in [4.78, 5) is 14.0. The van der Waals surface area contributed by atoms with E-state index in [2.05, 4.69) is 24.5 Å². The number of nitrogens with zero attached hydrogens (tertiary/aromatic N) is 1. The third-order valence-electron chi connectivity index (χ3n) is 3.48. The zero-order valence-corrected chi connectivity index (χ0v) is 12.2. The summed E-state index contributed by atoms with van der Waals surface area (Å²) in [6.45, 7) is 7.60. The van der Waals surface area contributed by atoms with Crippen molar-refractivity contribution in [3.05, 3.63) is 29.8 Å². The van der Waals surface area contributed by atoms with Crippen molar-refractivity contribution in [1.82, 2.24) is 10.2 Å². The van der Waals surface area contributed by atoms with Gasteiger partial charge in [-0.3, -0.25) is 0 Å². The fourth-order valence-corrected chi connectivity index (χ4v) is 2.37. The average Bonchev–Trinajstić information content (AvgIpc) is 2.49. The monoisotopic (exact) mass is 277 g/mol.